The molecule has 1 amide bonds. The Morgan fingerprint density at radius 1 is 1.14 bits per heavy atom. The highest BCUT2D eigenvalue weighted by atomic mass is 16.5. The molecular weight excluding hydrogens is 354 g/mol. The number of nitrogens with zero attached hydrogens (tertiary/aromatic N) is 3. The molecule has 28 heavy (non-hydrogen) atoms. The van der Waals surface area contributed by atoms with E-state index in [4.69, 9.17) is 14.5 Å². The fourth-order valence-corrected chi connectivity index (χ4v) is 4.67. The average Bonchev–Trinajstić information content (AvgIpc) is 3.51. The maximum Gasteiger partial charge on any atom is 0.227 e. The van der Waals surface area contributed by atoms with Gasteiger partial charge in [-0.1, -0.05) is 6.07 Å². The molecule has 0 spiro atoms. The summed E-state index contributed by atoms with van der Waals surface area (Å²) in [5.74, 6) is 3.06. The predicted octanol–water partition coefficient (Wildman–Crippen LogP) is 3.20. The zero-order valence-electron chi connectivity index (χ0n) is 16.4. The third kappa shape index (κ3) is 2.91. The van der Waals surface area contributed by atoms with Crippen molar-refractivity contribution in [2.45, 2.75) is 56.5 Å². The molecule has 2 fully saturated rings. The van der Waals surface area contributed by atoms with Crippen molar-refractivity contribution in [1.82, 2.24) is 14.9 Å². The van der Waals surface area contributed by atoms with Crippen molar-refractivity contribution in [3.05, 3.63) is 47.0 Å². The molecule has 146 valence electrons. The van der Waals surface area contributed by atoms with Crippen LogP contribution in [0.15, 0.2) is 24.4 Å². The summed E-state index contributed by atoms with van der Waals surface area (Å²) in [5, 5.41) is 0. The highest BCUT2D eigenvalue weighted by molar-refractivity contribution is 5.80. The quantitative estimate of drug-likeness (QED) is 0.798. The molecule has 1 saturated carbocycles. The van der Waals surface area contributed by atoms with Crippen LogP contribution in [0.1, 0.15) is 60.3 Å². The van der Waals surface area contributed by atoms with Crippen LogP contribution >= 0.6 is 0 Å². The summed E-state index contributed by atoms with van der Waals surface area (Å²) in [7, 11) is 3.23. The summed E-state index contributed by atoms with van der Waals surface area (Å²) in [5.41, 5.74) is 3.26. The molecule has 5 rings (SSSR count). The zero-order chi connectivity index (χ0) is 19.3. The van der Waals surface area contributed by atoms with Crippen molar-refractivity contribution >= 4 is 5.91 Å². The summed E-state index contributed by atoms with van der Waals surface area (Å²) in [6.07, 6.45) is 7.66. The maximum absolute atomic E-state index is 13.2. The van der Waals surface area contributed by atoms with Crippen LogP contribution in [-0.2, 0) is 17.6 Å². The number of methoxy groups -OCH3 is 2. The van der Waals surface area contributed by atoms with E-state index in [2.05, 4.69) is 9.88 Å². The number of ether oxygens (including phenoxy) is 2. The molecule has 2 aromatic rings. The highest BCUT2D eigenvalue weighted by Gasteiger charge is 2.43. The lowest BCUT2D eigenvalue weighted by molar-refractivity contribution is -0.134. The molecule has 2 atom stereocenters. The van der Waals surface area contributed by atoms with Crippen LogP contribution in [0, 0.1) is 0 Å². The van der Waals surface area contributed by atoms with Crippen molar-refractivity contribution in [2.24, 2.45) is 0 Å². The lowest BCUT2D eigenvalue weighted by Crippen LogP contribution is -2.43. The largest absolute Gasteiger partial charge is 0.493 e. The maximum atomic E-state index is 13.2. The third-order valence-electron chi connectivity index (χ3n) is 6.24. The highest BCUT2D eigenvalue weighted by Crippen LogP contribution is 2.45. The van der Waals surface area contributed by atoms with E-state index >= 15 is 0 Å². The second-order valence-corrected chi connectivity index (χ2v) is 8.02. The fourth-order valence-electron chi connectivity index (χ4n) is 4.67. The van der Waals surface area contributed by atoms with Crippen molar-refractivity contribution in [1.29, 1.82) is 0 Å². The molecule has 0 radical (unpaired) electrons. The van der Waals surface area contributed by atoms with Gasteiger partial charge in [-0.25, -0.2) is 9.97 Å². The molecule has 1 aromatic carbocycles. The number of rotatable bonds is 5. The van der Waals surface area contributed by atoms with E-state index in [1.54, 1.807) is 14.2 Å². The number of benzene rings is 1. The minimum absolute atomic E-state index is 0.120. The molecule has 1 aliphatic carbocycles. The first kappa shape index (κ1) is 17.5. The van der Waals surface area contributed by atoms with Crippen molar-refractivity contribution in [3.63, 3.8) is 0 Å². The molecule has 2 bridgehead atoms. The Kier molecular flexibility index (Phi) is 4.22. The van der Waals surface area contributed by atoms with Gasteiger partial charge in [0.05, 0.1) is 32.4 Å². The molecule has 1 aromatic heterocycles. The van der Waals surface area contributed by atoms with Crippen molar-refractivity contribution in [3.8, 4) is 11.5 Å². The molecule has 6 nitrogen and oxygen atoms in total. The van der Waals surface area contributed by atoms with Crippen LogP contribution in [0.3, 0.4) is 0 Å². The Labute approximate surface area is 164 Å². The molecule has 1 saturated heterocycles. The first-order chi connectivity index (χ1) is 13.7. The molecule has 0 N–H and O–H groups in total. The monoisotopic (exact) mass is 379 g/mol. The van der Waals surface area contributed by atoms with Gasteiger partial charge in [-0.2, -0.15) is 0 Å². The van der Waals surface area contributed by atoms with Gasteiger partial charge < -0.3 is 14.4 Å². The van der Waals surface area contributed by atoms with E-state index in [1.165, 1.54) is 18.5 Å². The summed E-state index contributed by atoms with van der Waals surface area (Å²) in [6, 6.07) is 6.06. The summed E-state index contributed by atoms with van der Waals surface area (Å²) in [6.45, 7) is 0. The van der Waals surface area contributed by atoms with Gasteiger partial charge in [-0.15, -0.1) is 0 Å². The van der Waals surface area contributed by atoms with Crippen LogP contribution in [0.5, 0.6) is 11.5 Å². The second-order valence-electron chi connectivity index (χ2n) is 8.02. The minimum Gasteiger partial charge on any atom is -0.493 e. The predicted molar refractivity (Wildman–Crippen MR) is 104 cm³/mol. The molecular formula is C22H25N3O3. The fraction of sp³-hybridized carbons (Fsp3) is 0.500. The number of fused-ring (bicyclic) bond motifs is 4. The molecule has 2 unspecified atom stereocenters. The number of aromatic nitrogens is 2. The topological polar surface area (TPSA) is 64.5 Å². The second kappa shape index (κ2) is 6.76. The Bertz CT molecular complexity index is 925. The Balaban J connectivity index is 1.37. The third-order valence-corrected chi connectivity index (χ3v) is 6.24. The lowest BCUT2D eigenvalue weighted by Gasteiger charge is -2.36. The van der Waals surface area contributed by atoms with E-state index in [9.17, 15) is 4.79 Å². The van der Waals surface area contributed by atoms with Gasteiger partial charge in [0.15, 0.2) is 11.5 Å². The van der Waals surface area contributed by atoms with E-state index < -0.39 is 0 Å². The first-order valence-corrected chi connectivity index (χ1v) is 10.1. The zero-order valence-corrected chi connectivity index (χ0v) is 16.4. The first-order valence-electron chi connectivity index (χ1n) is 10.1. The van der Waals surface area contributed by atoms with Crippen molar-refractivity contribution < 1.29 is 14.3 Å². The summed E-state index contributed by atoms with van der Waals surface area (Å²) in [4.78, 5) is 24.7. The van der Waals surface area contributed by atoms with Gasteiger partial charge in [-0.3, -0.25) is 4.79 Å². The Morgan fingerprint density at radius 3 is 2.71 bits per heavy atom. The van der Waals surface area contributed by atoms with E-state index in [-0.39, 0.29) is 18.0 Å². The van der Waals surface area contributed by atoms with E-state index in [0.29, 0.717) is 23.8 Å². The van der Waals surface area contributed by atoms with Crippen LogP contribution in [0.2, 0.25) is 0 Å². The summed E-state index contributed by atoms with van der Waals surface area (Å²) < 4.78 is 10.7. The molecule has 3 aliphatic rings. The smallest absolute Gasteiger partial charge is 0.227 e. The van der Waals surface area contributed by atoms with Gasteiger partial charge in [0.25, 0.3) is 0 Å². The molecule has 6 heteroatoms. The number of hydrogen-bond acceptors (Lipinski definition) is 5. The van der Waals surface area contributed by atoms with Gasteiger partial charge in [-0.05, 0) is 43.4 Å². The number of carbonyl (C=O) groups excluding carboxylic acids is 1. The van der Waals surface area contributed by atoms with Gasteiger partial charge >= 0.3 is 0 Å². The van der Waals surface area contributed by atoms with Crippen LogP contribution in [0.25, 0.3) is 0 Å². The molecule has 2 aliphatic heterocycles. The molecule has 3 heterocycles. The van der Waals surface area contributed by atoms with Crippen LogP contribution in [0.4, 0.5) is 0 Å². The minimum atomic E-state index is 0.120. The van der Waals surface area contributed by atoms with E-state index in [0.717, 1.165) is 36.2 Å². The van der Waals surface area contributed by atoms with Crippen LogP contribution < -0.4 is 9.47 Å². The number of carbonyl (C=O) groups is 1. The SMILES string of the molecule is COc1ccc(CC(=O)N2C3CCC2c2cnc(C4CC4)nc2C3)cc1OC. The van der Waals surface area contributed by atoms with Gasteiger partial charge in [0.1, 0.15) is 5.82 Å². The number of hydrogen-bond donors (Lipinski definition) is 0. The Hall–Kier alpha value is -2.63. The lowest BCUT2D eigenvalue weighted by atomic mass is 9.98. The normalized spacial score (nSPS) is 22.7. The van der Waals surface area contributed by atoms with E-state index in [1.807, 2.05) is 24.4 Å². The number of amides is 1. The Morgan fingerprint density at radius 2 is 1.96 bits per heavy atom. The van der Waals surface area contributed by atoms with Crippen molar-refractivity contribution in [2.75, 3.05) is 14.2 Å². The average molecular weight is 379 g/mol. The standard InChI is InChI=1S/C22H25N3O3/c1-27-19-8-3-13(9-20(19)28-2)10-21(26)25-15-6-7-18(25)16-12-23-22(14-4-5-14)24-17(16)11-15/h3,8-9,12,14-15,18H,4-7,10-11H2,1-2H3. The van der Waals surface area contributed by atoms with Gasteiger partial charge in [0.2, 0.25) is 5.91 Å². The summed E-state index contributed by atoms with van der Waals surface area (Å²) >= 11 is 0. The van der Waals surface area contributed by atoms with Gasteiger partial charge in [0, 0.05) is 30.1 Å². The van der Waals surface area contributed by atoms with Crippen LogP contribution in [-0.4, -0.2) is 41.0 Å².